The third-order valence-corrected chi connectivity index (χ3v) is 5.16. The summed E-state index contributed by atoms with van der Waals surface area (Å²) in [4.78, 5) is 15.2. The quantitative estimate of drug-likeness (QED) is 0.767. The standard InChI is InChI=1S/C17H31NO/c1-5-18-14(13-9-7-6-8-10-13)11-12-15(18)16(19)17(2,3)4/h13-15H,5-12H2,1-4H3. The van der Waals surface area contributed by atoms with Gasteiger partial charge in [-0.05, 0) is 38.1 Å². The molecule has 2 heteroatoms. The van der Waals surface area contributed by atoms with Crippen molar-refractivity contribution in [2.24, 2.45) is 11.3 Å². The summed E-state index contributed by atoms with van der Waals surface area (Å²) >= 11 is 0. The lowest BCUT2D eigenvalue weighted by Crippen LogP contribution is -2.47. The van der Waals surface area contributed by atoms with Gasteiger partial charge in [0.05, 0.1) is 6.04 Å². The van der Waals surface area contributed by atoms with Crippen LogP contribution in [0.2, 0.25) is 0 Å². The molecule has 0 amide bonds. The van der Waals surface area contributed by atoms with Gasteiger partial charge in [0.25, 0.3) is 0 Å². The average molecular weight is 265 g/mol. The van der Waals surface area contributed by atoms with Crippen molar-refractivity contribution in [3.05, 3.63) is 0 Å². The van der Waals surface area contributed by atoms with Gasteiger partial charge >= 0.3 is 0 Å². The number of nitrogens with zero attached hydrogens (tertiary/aromatic N) is 1. The van der Waals surface area contributed by atoms with Crippen LogP contribution in [0.4, 0.5) is 0 Å². The lowest BCUT2D eigenvalue weighted by molar-refractivity contribution is -0.131. The summed E-state index contributed by atoms with van der Waals surface area (Å²) in [5.74, 6) is 1.30. The predicted octanol–water partition coefficient (Wildman–Crippen LogP) is 4.03. The van der Waals surface area contributed by atoms with Gasteiger partial charge in [-0.3, -0.25) is 9.69 Å². The molecular weight excluding hydrogens is 234 g/mol. The van der Waals surface area contributed by atoms with Crippen LogP contribution in [0, 0.1) is 11.3 Å². The SMILES string of the molecule is CCN1C(C(=O)C(C)(C)C)CCC1C1CCCCC1. The summed E-state index contributed by atoms with van der Waals surface area (Å²) < 4.78 is 0. The van der Waals surface area contributed by atoms with Gasteiger partial charge in [0, 0.05) is 11.5 Å². The van der Waals surface area contributed by atoms with E-state index in [0.29, 0.717) is 11.8 Å². The summed E-state index contributed by atoms with van der Waals surface area (Å²) in [5.41, 5.74) is -0.195. The van der Waals surface area contributed by atoms with E-state index in [0.717, 1.165) is 18.9 Å². The highest BCUT2D eigenvalue weighted by atomic mass is 16.1. The highest BCUT2D eigenvalue weighted by Crippen LogP contribution is 2.38. The summed E-state index contributed by atoms with van der Waals surface area (Å²) in [6.45, 7) is 9.46. The van der Waals surface area contributed by atoms with E-state index in [-0.39, 0.29) is 11.5 Å². The second kappa shape index (κ2) is 5.95. The third kappa shape index (κ3) is 3.21. The zero-order chi connectivity index (χ0) is 14.0. The Labute approximate surface area is 118 Å². The van der Waals surface area contributed by atoms with Crippen LogP contribution < -0.4 is 0 Å². The van der Waals surface area contributed by atoms with Crippen molar-refractivity contribution >= 4 is 5.78 Å². The van der Waals surface area contributed by atoms with Crippen LogP contribution in [-0.2, 0) is 4.79 Å². The first-order valence-corrected chi connectivity index (χ1v) is 8.25. The molecule has 2 aliphatic rings. The van der Waals surface area contributed by atoms with Gasteiger partial charge in [-0.15, -0.1) is 0 Å². The number of likely N-dealkylation sites (tertiary alicyclic amines) is 1. The van der Waals surface area contributed by atoms with Gasteiger partial charge < -0.3 is 0 Å². The summed E-state index contributed by atoms with van der Waals surface area (Å²) in [6.07, 6.45) is 9.32. The molecule has 1 aliphatic heterocycles. The second-order valence-corrected chi connectivity index (χ2v) is 7.50. The van der Waals surface area contributed by atoms with Crippen LogP contribution in [-0.4, -0.2) is 29.3 Å². The number of rotatable bonds is 3. The molecule has 0 spiro atoms. The fraction of sp³-hybridized carbons (Fsp3) is 0.941. The molecule has 19 heavy (non-hydrogen) atoms. The first-order chi connectivity index (χ1) is 8.95. The van der Waals surface area contributed by atoms with E-state index >= 15 is 0 Å². The molecule has 1 saturated carbocycles. The Balaban J connectivity index is 2.06. The highest BCUT2D eigenvalue weighted by Gasteiger charge is 2.43. The fourth-order valence-corrected chi connectivity index (χ4v) is 4.15. The van der Waals surface area contributed by atoms with E-state index in [9.17, 15) is 4.79 Å². The topological polar surface area (TPSA) is 20.3 Å². The van der Waals surface area contributed by atoms with Crippen LogP contribution >= 0.6 is 0 Å². The normalized spacial score (nSPS) is 30.7. The van der Waals surface area contributed by atoms with Crippen molar-refractivity contribution in [3.63, 3.8) is 0 Å². The molecule has 2 fully saturated rings. The molecule has 2 nitrogen and oxygen atoms in total. The first kappa shape index (κ1) is 15.0. The molecule has 1 aliphatic carbocycles. The number of hydrogen-bond donors (Lipinski definition) is 0. The lowest BCUT2D eigenvalue weighted by Gasteiger charge is -2.37. The number of carbonyl (C=O) groups excluding carboxylic acids is 1. The Bertz CT molecular complexity index is 312. The maximum absolute atomic E-state index is 12.6. The molecule has 2 rings (SSSR count). The Morgan fingerprint density at radius 3 is 2.21 bits per heavy atom. The number of carbonyl (C=O) groups is 1. The minimum atomic E-state index is -0.195. The zero-order valence-electron chi connectivity index (χ0n) is 13.2. The Hall–Kier alpha value is -0.370. The van der Waals surface area contributed by atoms with E-state index in [2.05, 4.69) is 32.6 Å². The Kier molecular flexibility index (Phi) is 4.70. The van der Waals surface area contributed by atoms with E-state index in [1.165, 1.54) is 38.5 Å². The monoisotopic (exact) mass is 265 g/mol. The molecule has 0 N–H and O–H groups in total. The molecule has 0 aromatic heterocycles. The van der Waals surface area contributed by atoms with Crippen LogP contribution in [0.5, 0.6) is 0 Å². The van der Waals surface area contributed by atoms with Gasteiger partial charge in [0.15, 0.2) is 5.78 Å². The molecule has 0 aromatic rings. The Morgan fingerprint density at radius 1 is 1.05 bits per heavy atom. The van der Waals surface area contributed by atoms with Crippen molar-refractivity contribution in [3.8, 4) is 0 Å². The fourth-order valence-electron chi connectivity index (χ4n) is 4.15. The Morgan fingerprint density at radius 2 is 1.68 bits per heavy atom. The van der Waals surface area contributed by atoms with Crippen molar-refractivity contribution in [1.82, 2.24) is 4.90 Å². The largest absolute Gasteiger partial charge is 0.297 e. The van der Waals surface area contributed by atoms with Crippen molar-refractivity contribution in [2.75, 3.05) is 6.54 Å². The van der Waals surface area contributed by atoms with Gasteiger partial charge in [-0.25, -0.2) is 0 Å². The predicted molar refractivity (Wildman–Crippen MR) is 80.2 cm³/mol. The molecule has 1 heterocycles. The zero-order valence-corrected chi connectivity index (χ0v) is 13.2. The number of hydrogen-bond acceptors (Lipinski definition) is 2. The molecule has 0 bridgehead atoms. The molecule has 110 valence electrons. The minimum absolute atomic E-state index is 0.192. The van der Waals surface area contributed by atoms with E-state index in [1.807, 2.05) is 0 Å². The molecule has 2 unspecified atom stereocenters. The summed E-state index contributed by atoms with van der Waals surface area (Å²) in [5, 5.41) is 0. The van der Waals surface area contributed by atoms with Gasteiger partial charge in [0.2, 0.25) is 0 Å². The van der Waals surface area contributed by atoms with Crippen molar-refractivity contribution in [1.29, 1.82) is 0 Å². The first-order valence-electron chi connectivity index (χ1n) is 8.25. The van der Waals surface area contributed by atoms with E-state index in [1.54, 1.807) is 0 Å². The minimum Gasteiger partial charge on any atom is -0.297 e. The maximum atomic E-state index is 12.6. The van der Waals surface area contributed by atoms with Crippen LogP contribution in [0.1, 0.15) is 72.6 Å². The molecule has 0 radical (unpaired) electrons. The summed E-state index contributed by atoms with van der Waals surface area (Å²) in [7, 11) is 0. The lowest BCUT2D eigenvalue weighted by atomic mass is 9.83. The molecular formula is C17H31NO. The summed E-state index contributed by atoms with van der Waals surface area (Å²) in [6, 6.07) is 0.874. The number of ketones is 1. The maximum Gasteiger partial charge on any atom is 0.155 e. The number of likely N-dealkylation sites (N-methyl/N-ethyl adjacent to an activating group) is 1. The molecule has 2 atom stereocenters. The molecule has 0 aromatic carbocycles. The van der Waals surface area contributed by atoms with Gasteiger partial charge in [0.1, 0.15) is 0 Å². The van der Waals surface area contributed by atoms with Crippen molar-refractivity contribution < 1.29 is 4.79 Å². The second-order valence-electron chi connectivity index (χ2n) is 7.50. The number of Topliss-reactive ketones (excluding diaryl/α,β-unsaturated/α-hetero) is 1. The third-order valence-electron chi connectivity index (χ3n) is 5.16. The van der Waals surface area contributed by atoms with Crippen LogP contribution in [0.25, 0.3) is 0 Å². The van der Waals surface area contributed by atoms with Gasteiger partial charge in [-0.2, -0.15) is 0 Å². The van der Waals surface area contributed by atoms with Gasteiger partial charge in [-0.1, -0.05) is 47.0 Å². The van der Waals surface area contributed by atoms with Crippen LogP contribution in [0.3, 0.4) is 0 Å². The van der Waals surface area contributed by atoms with E-state index < -0.39 is 0 Å². The highest BCUT2D eigenvalue weighted by molar-refractivity contribution is 5.89. The average Bonchev–Trinajstić information content (AvgIpc) is 2.81. The smallest absolute Gasteiger partial charge is 0.155 e. The molecule has 1 saturated heterocycles. The van der Waals surface area contributed by atoms with E-state index in [4.69, 9.17) is 0 Å². The van der Waals surface area contributed by atoms with Crippen molar-refractivity contribution in [2.45, 2.75) is 84.7 Å². The van der Waals surface area contributed by atoms with Crippen LogP contribution in [0.15, 0.2) is 0 Å².